The van der Waals surface area contributed by atoms with E-state index in [1.807, 2.05) is 6.20 Å². The SMILES string of the molecule is CCNC(c1ccncc1Cl)C1CCC(C)CC1. The highest BCUT2D eigenvalue weighted by molar-refractivity contribution is 6.31. The Kier molecular flexibility index (Phi) is 5.02. The van der Waals surface area contributed by atoms with E-state index in [2.05, 4.69) is 30.2 Å². The Morgan fingerprint density at radius 2 is 2.11 bits per heavy atom. The lowest BCUT2D eigenvalue weighted by Gasteiger charge is -2.33. The number of pyridine rings is 1. The first kappa shape index (κ1) is 13.8. The van der Waals surface area contributed by atoms with Gasteiger partial charge in [0.1, 0.15) is 0 Å². The lowest BCUT2D eigenvalue weighted by atomic mass is 9.77. The first-order chi connectivity index (χ1) is 8.72. The number of rotatable bonds is 4. The summed E-state index contributed by atoms with van der Waals surface area (Å²) in [6.45, 7) is 5.50. The smallest absolute Gasteiger partial charge is 0.0637 e. The summed E-state index contributed by atoms with van der Waals surface area (Å²) in [5.41, 5.74) is 1.22. The number of nitrogens with one attached hydrogen (secondary N) is 1. The van der Waals surface area contributed by atoms with Gasteiger partial charge in [0.05, 0.1) is 5.02 Å². The molecule has 1 aromatic rings. The summed E-state index contributed by atoms with van der Waals surface area (Å²) in [6, 6.07) is 2.45. The number of hydrogen-bond acceptors (Lipinski definition) is 2. The highest BCUT2D eigenvalue weighted by atomic mass is 35.5. The van der Waals surface area contributed by atoms with Gasteiger partial charge in [0, 0.05) is 18.4 Å². The molecule has 0 radical (unpaired) electrons. The van der Waals surface area contributed by atoms with Crippen LogP contribution < -0.4 is 5.32 Å². The van der Waals surface area contributed by atoms with Gasteiger partial charge in [-0.1, -0.05) is 38.3 Å². The van der Waals surface area contributed by atoms with Gasteiger partial charge in [-0.2, -0.15) is 0 Å². The third-order valence-electron chi connectivity index (χ3n) is 4.09. The Hall–Kier alpha value is -0.600. The molecule has 1 heterocycles. The minimum absolute atomic E-state index is 0.387. The van der Waals surface area contributed by atoms with Gasteiger partial charge < -0.3 is 5.32 Å². The molecule has 18 heavy (non-hydrogen) atoms. The summed E-state index contributed by atoms with van der Waals surface area (Å²) in [6.07, 6.45) is 8.89. The third-order valence-corrected chi connectivity index (χ3v) is 4.41. The maximum Gasteiger partial charge on any atom is 0.0637 e. The van der Waals surface area contributed by atoms with Gasteiger partial charge in [-0.15, -0.1) is 0 Å². The topological polar surface area (TPSA) is 24.9 Å². The van der Waals surface area contributed by atoms with Crippen molar-refractivity contribution in [3.8, 4) is 0 Å². The number of nitrogens with zero attached hydrogens (tertiary/aromatic N) is 1. The molecule has 1 saturated carbocycles. The second-order valence-electron chi connectivity index (χ2n) is 5.45. The minimum Gasteiger partial charge on any atom is -0.310 e. The third kappa shape index (κ3) is 3.24. The lowest BCUT2D eigenvalue weighted by molar-refractivity contribution is 0.233. The molecule has 0 bridgehead atoms. The van der Waals surface area contributed by atoms with E-state index in [4.69, 9.17) is 11.6 Å². The van der Waals surface area contributed by atoms with Crippen molar-refractivity contribution >= 4 is 11.6 Å². The summed E-state index contributed by atoms with van der Waals surface area (Å²) >= 11 is 6.30. The van der Waals surface area contributed by atoms with Crippen molar-refractivity contribution < 1.29 is 0 Å². The zero-order valence-corrected chi connectivity index (χ0v) is 12.1. The molecule has 0 spiro atoms. The summed E-state index contributed by atoms with van der Waals surface area (Å²) in [5.74, 6) is 1.59. The van der Waals surface area contributed by atoms with Crippen molar-refractivity contribution in [2.24, 2.45) is 11.8 Å². The molecule has 1 N–H and O–H groups in total. The molecule has 1 aromatic heterocycles. The minimum atomic E-state index is 0.387. The standard InChI is InChI=1S/C15H23ClN2/c1-3-18-15(12-6-4-11(2)5-7-12)13-8-9-17-10-14(13)16/h8-12,15,18H,3-7H2,1-2H3. The molecule has 0 saturated heterocycles. The van der Waals surface area contributed by atoms with Gasteiger partial charge in [-0.25, -0.2) is 0 Å². The first-order valence-corrected chi connectivity index (χ1v) is 7.43. The quantitative estimate of drug-likeness (QED) is 0.883. The average molecular weight is 267 g/mol. The van der Waals surface area contributed by atoms with E-state index in [0.717, 1.165) is 17.5 Å². The van der Waals surface area contributed by atoms with Crippen molar-refractivity contribution in [1.29, 1.82) is 0 Å². The van der Waals surface area contributed by atoms with E-state index < -0.39 is 0 Å². The van der Waals surface area contributed by atoms with Crippen molar-refractivity contribution in [3.05, 3.63) is 29.0 Å². The van der Waals surface area contributed by atoms with Crippen LogP contribution in [-0.4, -0.2) is 11.5 Å². The van der Waals surface area contributed by atoms with Crippen LogP contribution in [0.3, 0.4) is 0 Å². The monoisotopic (exact) mass is 266 g/mol. The molecule has 1 fully saturated rings. The van der Waals surface area contributed by atoms with Crippen LogP contribution in [0.1, 0.15) is 51.1 Å². The molecule has 1 atom stereocenters. The number of aromatic nitrogens is 1. The highest BCUT2D eigenvalue weighted by Crippen LogP contribution is 2.38. The zero-order valence-electron chi connectivity index (χ0n) is 11.3. The summed E-state index contributed by atoms with van der Waals surface area (Å²) in [7, 11) is 0. The second kappa shape index (κ2) is 6.53. The highest BCUT2D eigenvalue weighted by Gasteiger charge is 2.27. The van der Waals surface area contributed by atoms with Gasteiger partial charge in [-0.05, 0) is 42.9 Å². The Bertz CT molecular complexity index is 373. The maximum atomic E-state index is 6.30. The lowest BCUT2D eigenvalue weighted by Crippen LogP contribution is -2.31. The van der Waals surface area contributed by atoms with Crippen LogP contribution in [0.4, 0.5) is 0 Å². The van der Waals surface area contributed by atoms with Gasteiger partial charge in [-0.3, -0.25) is 4.98 Å². The first-order valence-electron chi connectivity index (χ1n) is 7.05. The van der Waals surface area contributed by atoms with E-state index in [0.29, 0.717) is 12.0 Å². The van der Waals surface area contributed by atoms with Crippen LogP contribution in [0.25, 0.3) is 0 Å². The molecule has 1 aliphatic rings. The van der Waals surface area contributed by atoms with Crippen molar-refractivity contribution in [1.82, 2.24) is 10.3 Å². The van der Waals surface area contributed by atoms with E-state index in [1.165, 1.54) is 31.2 Å². The van der Waals surface area contributed by atoms with Gasteiger partial charge in [0.2, 0.25) is 0 Å². The molecule has 0 aliphatic heterocycles. The van der Waals surface area contributed by atoms with Crippen LogP contribution in [-0.2, 0) is 0 Å². The number of halogens is 1. The summed E-state index contributed by atoms with van der Waals surface area (Å²) in [4.78, 5) is 4.08. The Labute approximate surface area is 115 Å². The Morgan fingerprint density at radius 3 is 2.72 bits per heavy atom. The summed E-state index contributed by atoms with van der Waals surface area (Å²) in [5, 5.41) is 4.41. The fourth-order valence-electron chi connectivity index (χ4n) is 3.01. The van der Waals surface area contributed by atoms with Crippen molar-refractivity contribution in [2.45, 2.75) is 45.6 Å². The van der Waals surface area contributed by atoms with Gasteiger partial charge in [0.25, 0.3) is 0 Å². The molecule has 0 amide bonds. The molecule has 100 valence electrons. The molecule has 3 heteroatoms. The van der Waals surface area contributed by atoms with Crippen LogP contribution in [0, 0.1) is 11.8 Å². The fraction of sp³-hybridized carbons (Fsp3) is 0.667. The molecule has 0 aromatic carbocycles. The van der Waals surface area contributed by atoms with E-state index in [-0.39, 0.29) is 0 Å². The second-order valence-corrected chi connectivity index (χ2v) is 5.86. The Morgan fingerprint density at radius 1 is 1.39 bits per heavy atom. The predicted octanol–water partition coefficient (Wildman–Crippen LogP) is 4.21. The largest absolute Gasteiger partial charge is 0.310 e. The maximum absolute atomic E-state index is 6.30. The number of hydrogen-bond donors (Lipinski definition) is 1. The van der Waals surface area contributed by atoms with Crippen LogP contribution in [0.15, 0.2) is 18.5 Å². The Balaban J connectivity index is 2.15. The van der Waals surface area contributed by atoms with Crippen molar-refractivity contribution in [2.75, 3.05) is 6.54 Å². The summed E-state index contributed by atoms with van der Waals surface area (Å²) < 4.78 is 0. The van der Waals surface area contributed by atoms with Crippen molar-refractivity contribution in [3.63, 3.8) is 0 Å². The van der Waals surface area contributed by atoms with Crippen LogP contribution in [0.2, 0.25) is 5.02 Å². The average Bonchev–Trinajstić information content (AvgIpc) is 2.38. The molecule has 2 nitrogen and oxygen atoms in total. The molecular formula is C15H23ClN2. The zero-order chi connectivity index (χ0) is 13.0. The van der Waals surface area contributed by atoms with E-state index in [9.17, 15) is 0 Å². The van der Waals surface area contributed by atoms with Gasteiger partial charge >= 0.3 is 0 Å². The van der Waals surface area contributed by atoms with Crippen LogP contribution >= 0.6 is 11.6 Å². The molecule has 2 rings (SSSR count). The molecule has 1 aliphatic carbocycles. The molecular weight excluding hydrogens is 244 g/mol. The predicted molar refractivity (Wildman–Crippen MR) is 76.8 cm³/mol. The van der Waals surface area contributed by atoms with E-state index in [1.54, 1.807) is 6.20 Å². The van der Waals surface area contributed by atoms with Crippen LogP contribution in [0.5, 0.6) is 0 Å². The van der Waals surface area contributed by atoms with Gasteiger partial charge in [0.15, 0.2) is 0 Å². The normalized spacial score (nSPS) is 25.9. The van der Waals surface area contributed by atoms with E-state index >= 15 is 0 Å². The fourth-order valence-corrected chi connectivity index (χ4v) is 3.24. The molecule has 1 unspecified atom stereocenters.